The fourth-order valence-electron chi connectivity index (χ4n) is 2.78. The van der Waals surface area contributed by atoms with Gasteiger partial charge in [0.25, 0.3) is 5.91 Å². The predicted molar refractivity (Wildman–Crippen MR) is 124 cm³/mol. The van der Waals surface area contributed by atoms with E-state index < -0.39 is 17.6 Å². The van der Waals surface area contributed by atoms with Gasteiger partial charge in [0.1, 0.15) is 24.0 Å². The molecule has 0 aliphatic heterocycles. The first-order valence-corrected chi connectivity index (χ1v) is 10.6. The van der Waals surface area contributed by atoms with Crippen LogP contribution in [0.1, 0.15) is 16.7 Å². The van der Waals surface area contributed by atoms with Crippen molar-refractivity contribution < 1.29 is 22.7 Å². The Bertz CT molecular complexity index is 1240. The maximum absolute atomic E-state index is 12.9. The van der Waals surface area contributed by atoms with Crippen LogP contribution in [0.3, 0.4) is 0 Å². The Labute approximate surface area is 201 Å². The van der Waals surface area contributed by atoms with Crippen LogP contribution in [-0.4, -0.2) is 5.91 Å². The molecular formula is C24H15BrClF3N2O2. The molecule has 1 amide bonds. The summed E-state index contributed by atoms with van der Waals surface area (Å²) in [5, 5.41) is 12.1. The molecule has 0 radical (unpaired) electrons. The third-order valence-electron chi connectivity index (χ3n) is 4.39. The Balaban J connectivity index is 1.82. The molecule has 0 spiro atoms. The van der Waals surface area contributed by atoms with Crippen LogP contribution in [0.2, 0.25) is 5.02 Å². The zero-order chi connectivity index (χ0) is 24.0. The molecule has 0 unspecified atom stereocenters. The highest BCUT2D eigenvalue weighted by molar-refractivity contribution is 9.10. The first-order chi connectivity index (χ1) is 15.7. The number of carbonyl (C=O) groups is 1. The minimum Gasteiger partial charge on any atom is -0.488 e. The number of anilines is 1. The monoisotopic (exact) mass is 534 g/mol. The summed E-state index contributed by atoms with van der Waals surface area (Å²) in [6.45, 7) is 0.230. The zero-order valence-corrected chi connectivity index (χ0v) is 19.1. The lowest BCUT2D eigenvalue weighted by atomic mass is 10.1. The molecule has 3 aromatic rings. The smallest absolute Gasteiger partial charge is 0.416 e. The standard InChI is InChI=1S/C24H15BrClF3N2O2/c25-19-6-4-15(5-7-19)14-33-22-9-8-20(26)11-16(22)10-17(13-30)23(32)31-21-3-1-2-18(12-21)24(27,28)29/h1-12H,14H2,(H,31,32)/b17-10+. The number of halogens is 5. The maximum atomic E-state index is 12.9. The second kappa shape index (κ2) is 10.6. The van der Waals surface area contributed by atoms with Crippen molar-refractivity contribution in [1.29, 1.82) is 5.26 Å². The summed E-state index contributed by atoms with van der Waals surface area (Å²) in [7, 11) is 0. The van der Waals surface area contributed by atoms with Gasteiger partial charge < -0.3 is 10.1 Å². The molecule has 0 aliphatic rings. The molecule has 0 saturated heterocycles. The van der Waals surface area contributed by atoms with Gasteiger partial charge in [0.2, 0.25) is 0 Å². The van der Waals surface area contributed by atoms with Crippen LogP contribution >= 0.6 is 27.5 Å². The van der Waals surface area contributed by atoms with Crippen LogP contribution in [0.15, 0.2) is 76.8 Å². The van der Waals surface area contributed by atoms with Gasteiger partial charge >= 0.3 is 6.18 Å². The Hall–Kier alpha value is -3.28. The minimum absolute atomic E-state index is 0.0891. The molecule has 9 heteroatoms. The number of ether oxygens (including phenoxy) is 1. The van der Waals surface area contributed by atoms with E-state index in [2.05, 4.69) is 21.2 Å². The molecule has 0 aliphatic carbocycles. The predicted octanol–water partition coefficient (Wildman–Crippen LogP) is 7.25. The summed E-state index contributed by atoms with van der Waals surface area (Å²) in [6, 6.07) is 18.1. The van der Waals surface area contributed by atoms with Gasteiger partial charge in [-0.25, -0.2) is 0 Å². The van der Waals surface area contributed by atoms with Crippen LogP contribution < -0.4 is 10.1 Å². The molecule has 3 aromatic carbocycles. The number of rotatable bonds is 6. The van der Waals surface area contributed by atoms with E-state index in [9.17, 15) is 23.2 Å². The molecule has 1 N–H and O–H groups in total. The molecule has 33 heavy (non-hydrogen) atoms. The van der Waals surface area contributed by atoms with Gasteiger partial charge in [-0.3, -0.25) is 4.79 Å². The van der Waals surface area contributed by atoms with Crippen molar-refractivity contribution in [2.45, 2.75) is 12.8 Å². The van der Waals surface area contributed by atoms with Crippen LogP contribution in [-0.2, 0) is 17.6 Å². The number of hydrogen-bond acceptors (Lipinski definition) is 3. The van der Waals surface area contributed by atoms with Crippen molar-refractivity contribution in [2.75, 3.05) is 5.32 Å². The Morgan fingerprint density at radius 1 is 1.12 bits per heavy atom. The van der Waals surface area contributed by atoms with E-state index in [1.54, 1.807) is 18.2 Å². The number of nitrogens with one attached hydrogen (secondary N) is 1. The SMILES string of the molecule is N#C/C(=C\c1cc(Cl)ccc1OCc1ccc(Br)cc1)C(=O)Nc1cccc(C(F)(F)F)c1. The number of hydrogen-bond donors (Lipinski definition) is 1. The fourth-order valence-corrected chi connectivity index (χ4v) is 3.23. The normalized spacial score (nSPS) is 11.6. The summed E-state index contributed by atoms with van der Waals surface area (Å²) in [6.07, 6.45) is -3.29. The molecule has 3 rings (SSSR count). The molecule has 0 fully saturated rings. The molecule has 0 aromatic heterocycles. The van der Waals surface area contributed by atoms with Crippen molar-refractivity contribution in [3.63, 3.8) is 0 Å². The first-order valence-electron chi connectivity index (χ1n) is 9.43. The third kappa shape index (κ3) is 6.85. The van der Waals surface area contributed by atoms with Crippen LogP contribution in [0.4, 0.5) is 18.9 Å². The lowest BCUT2D eigenvalue weighted by Crippen LogP contribution is -2.14. The quantitative estimate of drug-likeness (QED) is 0.267. The van der Waals surface area contributed by atoms with Crippen LogP contribution in [0.25, 0.3) is 6.08 Å². The second-order valence-electron chi connectivity index (χ2n) is 6.80. The molecule has 0 bridgehead atoms. The van der Waals surface area contributed by atoms with Gasteiger partial charge in [-0.05, 0) is 60.2 Å². The lowest BCUT2D eigenvalue weighted by molar-refractivity contribution is -0.137. The Morgan fingerprint density at radius 3 is 2.52 bits per heavy atom. The molecule has 0 heterocycles. The summed E-state index contributed by atoms with van der Waals surface area (Å²) in [4.78, 5) is 12.6. The number of carbonyl (C=O) groups excluding carboxylic acids is 1. The van der Waals surface area contributed by atoms with Gasteiger partial charge in [0, 0.05) is 20.7 Å². The summed E-state index contributed by atoms with van der Waals surface area (Å²) >= 11 is 9.43. The molecule has 0 saturated carbocycles. The van der Waals surface area contributed by atoms with Gasteiger partial charge in [-0.15, -0.1) is 0 Å². The van der Waals surface area contributed by atoms with Crippen molar-refractivity contribution >= 4 is 45.2 Å². The van der Waals surface area contributed by atoms with Crippen molar-refractivity contribution in [2.24, 2.45) is 0 Å². The summed E-state index contributed by atoms with van der Waals surface area (Å²) in [5.41, 5.74) is -0.0700. The highest BCUT2D eigenvalue weighted by Crippen LogP contribution is 2.31. The number of amides is 1. The van der Waals surface area contributed by atoms with Crippen molar-refractivity contribution in [3.8, 4) is 11.8 Å². The number of nitriles is 1. The Kier molecular flexibility index (Phi) is 7.79. The van der Waals surface area contributed by atoms with E-state index in [0.717, 1.165) is 22.2 Å². The van der Waals surface area contributed by atoms with Crippen molar-refractivity contribution in [1.82, 2.24) is 0 Å². The molecule has 4 nitrogen and oxygen atoms in total. The number of alkyl halides is 3. The average Bonchev–Trinajstić information content (AvgIpc) is 2.77. The topological polar surface area (TPSA) is 62.1 Å². The van der Waals surface area contributed by atoms with Gasteiger partial charge in [-0.2, -0.15) is 18.4 Å². The molecule has 0 atom stereocenters. The van der Waals surface area contributed by atoms with Crippen LogP contribution in [0, 0.1) is 11.3 Å². The zero-order valence-electron chi connectivity index (χ0n) is 16.8. The van der Waals surface area contributed by atoms with Gasteiger partial charge in [0.15, 0.2) is 0 Å². The van der Waals surface area contributed by atoms with E-state index in [1.807, 2.05) is 24.3 Å². The minimum atomic E-state index is -4.56. The van der Waals surface area contributed by atoms with E-state index in [4.69, 9.17) is 16.3 Å². The number of benzene rings is 3. The highest BCUT2D eigenvalue weighted by Gasteiger charge is 2.30. The molecular weight excluding hydrogens is 521 g/mol. The Morgan fingerprint density at radius 2 is 1.85 bits per heavy atom. The largest absolute Gasteiger partial charge is 0.488 e. The average molecular weight is 536 g/mol. The van der Waals surface area contributed by atoms with E-state index in [0.29, 0.717) is 16.3 Å². The highest BCUT2D eigenvalue weighted by atomic mass is 79.9. The maximum Gasteiger partial charge on any atom is 0.416 e. The van der Waals surface area contributed by atoms with Crippen molar-refractivity contribution in [3.05, 3.63) is 98.5 Å². The first kappa shape index (κ1) is 24.4. The van der Waals surface area contributed by atoms with E-state index in [1.165, 1.54) is 24.3 Å². The van der Waals surface area contributed by atoms with Crippen LogP contribution in [0.5, 0.6) is 5.75 Å². The van der Waals surface area contributed by atoms with Gasteiger partial charge in [0.05, 0.1) is 5.56 Å². The summed E-state index contributed by atoms with van der Waals surface area (Å²) < 4.78 is 45.5. The van der Waals surface area contributed by atoms with E-state index in [-0.39, 0.29) is 17.9 Å². The molecule has 168 valence electrons. The van der Waals surface area contributed by atoms with E-state index >= 15 is 0 Å². The fraction of sp³-hybridized carbons (Fsp3) is 0.0833. The number of nitrogens with zero attached hydrogens (tertiary/aromatic N) is 1. The second-order valence-corrected chi connectivity index (χ2v) is 8.15. The summed E-state index contributed by atoms with van der Waals surface area (Å²) in [5.74, 6) is -0.488. The van der Waals surface area contributed by atoms with Gasteiger partial charge in [-0.1, -0.05) is 45.7 Å². The lowest BCUT2D eigenvalue weighted by Gasteiger charge is -2.11. The third-order valence-corrected chi connectivity index (χ3v) is 5.16.